The van der Waals surface area contributed by atoms with Crippen LogP contribution in [-0.2, 0) is 11.8 Å². The number of aliphatic hydroxyl groups excluding tert-OH is 1. The number of nitrogens with two attached hydrogens (primary N) is 1. The van der Waals surface area contributed by atoms with Crippen LogP contribution in [-0.4, -0.2) is 47.7 Å². The fourth-order valence-electron chi connectivity index (χ4n) is 2.37. The second-order valence-corrected chi connectivity index (χ2v) is 4.81. The first kappa shape index (κ1) is 13.7. The highest BCUT2D eigenvalue weighted by Crippen LogP contribution is 2.29. The molecule has 1 saturated heterocycles. The predicted molar refractivity (Wildman–Crippen MR) is 71.0 cm³/mol. The number of hydrogen-bond donors (Lipinski definition) is 2. The number of nitrogen functional groups attached to an aromatic ring is 1. The van der Waals surface area contributed by atoms with Gasteiger partial charge in [-0.05, 0) is 18.8 Å². The maximum absolute atomic E-state index is 11.8. The van der Waals surface area contributed by atoms with Crippen LogP contribution in [0.5, 0.6) is 0 Å². The van der Waals surface area contributed by atoms with Crippen molar-refractivity contribution in [1.82, 2.24) is 9.78 Å². The van der Waals surface area contributed by atoms with Crippen molar-refractivity contribution in [3.05, 3.63) is 5.56 Å². The van der Waals surface area contributed by atoms with Crippen LogP contribution >= 0.6 is 0 Å². The average molecular weight is 268 g/mol. The maximum atomic E-state index is 11.8. The van der Waals surface area contributed by atoms with Gasteiger partial charge >= 0.3 is 5.97 Å². The number of nitrogens with zero attached hydrogens (tertiary/aromatic N) is 3. The molecule has 0 radical (unpaired) electrons. The summed E-state index contributed by atoms with van der Waals surface area (Å²) < 4.78 is 6.25. The summed E-state index contributed by atoms with van der Waals surface area (Å²) in [5, 5.41) is 13.5. The fraction of sp³-hybridized carbons (Fsp3) is 0.667. The zero-order valence-corrected chi connectivity index (χ0v) is 11.3. The molecule has 7 heteroatoms. The van der Waals surface area contributed by atoms with Crippen LogP contribution in [0.1, 0.15) is 23.2 Å². The lowest BCUT2D eigenvalue weighted by Gasteiger charge is -2.31. The quantitative estimate of drug-likeness (QED) is 0.749. The van der Waals surface area contributed by atoms with Gasteiger partial charge in [0, 0.05) is 26.7 Å². The minimum absolute atomic E-state index is 0.210. The Labute approximate surface area is 111 Å². The predicted octanol–water partition coefficient (Wildman–Crippen LogP) is -0.00240. The summed E-state index contributed by atoms with van der Waals surface area (Å²) in [5.74, 6) is 0.748. The van der Waals surface area contributed by atoms with Crippen LogP contribution in [0.25, 0.3) is 0 Å². The molecule has 0 bridgehead atoms. The van der Waals surface area contributed by atoms with Gasteiger partial charge in [0.1, 0.15) is 11.4 Å². The van der Waals surface area contributed by atoms with E-state index in [2.05, 4.69) is 5.10 Å². The smallest absolute Gasteiger partial charge is 0.345 e. The molecule has 0 unspecified atom stereocenters. The van der Waals surface area contributed by atoms with Crippen LogP contribution < -0.4 is 10.6 Å². The number of carbonyl (C=O) groups is 1. The first-order valence-corrected chi connectivity index (χ1v) is 6.35. The zero-order valence-electron chi connectivity index (χ0n) is 11.3. The molecular formula is C12H20N4O3. The normalized spacial score (nSPS) is 16.7. The number of piperidine rings is 1. The molecule has 2 rings (SSSR count). The molecule has 0 amide bonds. The Hall–Kier alpha value is -1.76. The van der Waals surface area contributed by atoms with E-state index >= 15 is 0 Å². The Morgan fingerprint density at radius 1 is 1.53 bits per heavy atom. The van der Waals surface area contributed by atoms with Gasteiger partial charge in [-0.25, -0.2) is 4.79 Å². The van der Waals surface area contributed by atoms with Crippen molar-refractivity contribution < 1.29 is 14.6 Å². The molecule has 1 fully saturated rings. The summed E-state index contributed by atoms with van der Waals surface area (Å²) in [5.41, 5.74) is 6.20. The maximum Gasteiger partial charge on any atom is 0.345 e. The molecule has 106 valence electrons. The van der Waals surface area contributed by atoms with E-state index in [0.717, 1.165) is 25.9 Å². The molecule has 1 aliphatic rings. The largest absolute Gasteiger partial charge is 0.465 e. The van der Waals surface area contributed by atoms with E-state index < -0.39 is 5.97 Å². The van der Waals surface area contributed by atoms with E-state index in [0.29, 0.717) is 23.1 Å². The minimum Gasteiger partial charge on any atom is -0.465 e. The molecular weight excluding hydrogens is 248 g/mol. The average Bonchev–Trinajstić information content (AvgIpc) is 2.74. The number of carbonyl (C=O) groups excluding carboxylic acids is 1. The number of hydrogen-bond acceptors (Lipinski definition) is 6. The van der Waals surface area contributed by atoms with Crippen molar-refractivity contribution in [3.8, 4) is 0 Å². The number of aliphatic hydroxyl groups is 1. The van der Waals surface area contributed by atoms with E-state index in [1.54, 1.807) is 7.05 Å². The molecule has 1 aromatic heterocycles. The number of aryl methyl sites for hydroxylation is 1. The molecule has 0 aliphatic carbocycles. The lowest BCUT2D eigenvalue weighted by Crippen LogP contribution is -2.36. The van der Waals surface area contributed by atoms with Gasteiger partial charge in [-0.15, -0.1) is 0 Å². The third-order valence-electron chi connectivity index (χ3n) is 3.63. The third-order valence-corrected chi connectivity index (χ3v) is 3.63. The van der Waals surface area contributed by atoms with Gasteiger partial charge in [0.15, 0.2) is 5.82 Å². The molecule has 3 N–H and O–H groups in total. The van der Waals surface area contributed by atoms with Crippen LogP contribution in [0.3, 0.4) is 0 Å². The van der Waals surface area contributed by atoms with Crippen molar-refractivity contribution in [1.29, 1.82) is 0 Å². The van der Waals surface area contributed by atoms with E-state index in [4.69, 9.17) is 15.6 Å². The molecule has 0 spiro atoms. The number of aromatic nitrogens is 2. The summed E-state index contributed by atoms with van der Waals surface area (Å²) in [6.07, 6.45) is 1.77. The van der Waals surface area contributed by atoms with Gasteiger partial charge in [-0.3, -0.25) is 4.68 Å². The second kappa shape index (κ2) is 5.48. The number of rotatable bonds is 3. The summed E-state index contributed by atoms with van der Waals surface area (Å²) in [6.45, 7) is 1.72. The number of methoxy groups -OCH3 is 1. The van der Waals surface area contributed by atoms with Crippen molar-refractivity contribution in [2.24, 2.45) is 13.0 Å². The molecule has 0 aromatic carbocycles. The highest BCUT2D eigenvalue weighted by molar-refractivity contribution is 5.99. The van der Waals surface area contributed by atoms with Crippen LogP contribution in [0.2, 0.25) is 0 Å². The summed E-state index contributed by atoms with van der Waals surface area (Å²) in [4.78, 5) is 13.8. The monoisotopic (exact) mass is 268 g/mol. The standard InChI is InChI=1S/C12H20N4O3/c1-15-10(13)9(12(18)19-2)11(14-15)16-5-3-8(7-17)4-6-16/h8,17H,3-7,13H2,1-2H3. The van der Waals surface area contributed by atoms with Crippen molar-refractivity contribution >= 4 is 17.6 Å². The lowest BCUT2D eigenvalue weighted by atomic mass is 9.98. The molecule has 0 atom stereocenters. The van der Waals surface area contributed by atoms with Gasteiger partial charge in [-0.2, -0.15) is 5.10 Å². The molecule has 19 heavy (non-hydrogen) atoms. The number of esters is 1. The van der Waals surface area contributed by atoms with Crippen LogP contribution in [0.15, 0.2) is 0 Å². The molecule has 0 saturated carbocycles. The Morgan fingerprint density at radius 2 is 2.16 bits per heavy atom. The molecule has 1 aromatic rings. The third kappa shape index (κ3) is 2.51. The number of ether oxygens (including phenoxy) is 1. The zero-order chi connectivity index (χ0) is 14.0. The van der Waals surface area contributed by atoms with Gasteiger partial charge in [-0.1, -0.05) is 0 Å². The Balaban J connectivity index is 2.25. The number of anilines is 2. The van der Waals surface area contributed by atoms with E-state index in [9.17, 15) is 4.79 Å². The highest BCUT2D eigenvalue weighted by atomic mass is 16.5. The second-order valence-electron chi connectivity index (χ2n) is 4.81. The topological polar surface area (TPSA) is 93.6 Å². The first-order valence-electron chi connectivity index (χ1n) is 6.35. The van der Waals surface area contributed by atoms with Gasteiger partial charge in [0.2, 0.25) is 0 Å². The summed E-state index contributed by atoms with van der Waals surface area (Å²) in [6, 6.07) is 0. The minimum atomic E-state index is -0.468. The highest BCUT2D eigenvalue weighted by Gasteiger charge is 2.28. The molecule has 2 heterocycles. The van der Waals surface area contributed by atoms with E-state index in [-0.39, 0.29) is 6.61 Å². The Morgan fingerprint density at radius 3 is 2.68 bits per heavy atom. The van der Waals surface area contributed by atoms with Crippen molar-refractivity contribution in [2.45, 2.75) is 12.8 Å². The Kier molecular flexibility index (Phi) is 3.94. The lowest BCUT2D eigenvalue weighted by molar-refractivity contribution is 0.0602. The van der Waals surface area contributed by atoms with Crippen molar-refractivity contribution in [2.75, 3.05) is 37.4 Å². The Bertz CT molecular complexity index is 464. The van der Waals surface area contributed by atoms with E-state index in [1.165, 1.54) is 11.8 Å². The molecule has 1 aliphatic heterocycles. The summed E-state index contributed by atoms with van der Waals surface area (Å²) >= 11 is 0. The van der Waals surface area contributed by atoms with Gasteiger partial charge < -0.3 is 20.5 Å². The van der Waals surface area contributed by atoms with Crippen molar-refractivity contribution in [3.63, 3.8) is 0 Å². The molecule has 7 nitrogen and oxygen atoms in total. The first-order chi connectivity index (χ1) is 9.08. The van der Waals surface area contributed by atoms with Crippen LogP contribution in [0, 0.1) is 5.92 Å². The van der Waals surface area contributed by atoms with Gasteiger partial charge in [0.25, 0.3) is 0 Å². The van der Waals surface area contributed by atoms with Crippen LogP contribution in [0.4, 0.5) is 11.6 Å². The van der Waals surface area contributed by atoms with E-state index in [1.807, 2.05) is 4.90 Å². The SMILES string of the molecule is COC(=O)c1c(N2CCC(CO)CC2)nn(C)c1N. The summed E-state index contributed by atoms with van der Waals surface area (Å²) in [7, 11) is 3.03. The fourth-order valence-corrected chi connectivity index (χ4v) is 2.37. The van der Waals surface area contributed by atoms with Gasteiger partial charge in [0.05, 0.1) is 7.11 Å².